The molecule has 1 fully saturated rings. The minimum atomic E-state index is -1.23. The van der Waals surface area contributed by atoms with Gasteiger partial charge in [-0.15, -0.1) is 0 Å². The lowest BCUT2D eigenvalue weighted by Gasteiger charge is -2.26. The van der Waals surface area contributed by atoms with Crippen LogP contribution in [0.15, 0.2) is 54.6 Å². The van der Waals surface area contributed by atoms with E-state index in [0.29, 0.717) is 5.56 Å². The second kappa shape index (κ2) is 7.61. The summed E-state index contributed by atoms with van der Waals surface area (Å²) in [5, 5.41) is 7.91. The summed E-state index contributed by atoms with van der Waals surface area (Å²) in [5.74, 6) is -0.363. The zero-order chi connectivity index (χ0) is 19.4. The van der Waals surface area contributed by atoms with E-state index in [1.807, 2.05) is 30.3 Å². The van der Waals surface area contributed by atoms with Crippen LogP contribution in [0.25, 0.3) is 0 Å². The van der Waals surface area contributed by atoms with Crippen molar-refractivity contribution in [2.45, 2.75) is 38.1 Å². The Balaban J connectivity index is 1.76. The molecule has 1 atom stereocenters. The number of anilines is 1. The fraction of sp³-hybridized carbons (Fsp3) is 0.286. The molecule has 1 aliphatic heterocycles. The van der Waals surface area contributed by atoms with Crippen molar-refractivity contribution in [2.75, 3.05) is 5.32 Å². The van der Waals surface area contributed by atoms with Crippen molar-refractivity contribution in [2.24, 2.45) is 0 Å². The molecule has 2 aromatic carbocycles. The standard InChI is InChI=1S/C21H23N3O3/c1-14(2)16-10-6-7-11-17(16)22-18(25)12-13-21(15-8-4-3-5-9-15)19(26)23-20(27)24-21/h3-11,14H,12-13H2,1-2H3,(H,22,25)(H2,23,24,26,27). The zero-order valence-corrected chi connectivity index (χ0v) is 15.4. The molecule has 140 valence electrons. The third-order valence-corrected chi connectivity index (χ3v) is 4.79. The summed E-state index contributed by atoms with van der Waals surface area (Å²) in [5.41, 5.74) is 1.25. The van der Waals surface area contributed by atoms with Gasteiger partial charge in [0.2, 0.25) is 5.91 Å². The highest BCUT2D eigenvalue weighted by atomic mass is 16.2. The number of nitrogens with one attached hydrogen (secondary N) is 3. The number of para-hydroxylation sites is 1. The molecular weight excluding hydrogens is 342 g/mol. The van der Waals surface area contributed by atoms with E-state index in [4.69, 9.17) is 0 Å². The summed E-state index contributed by atoms with van der Waals surface area (Å²) in [6, 6.07) is 16.1. The van der Waals surface area contributed by atoms with E-state index in [-0.39, 0.29) is 24.7 Å². The molecule has 1 saturated heterocycles. The number of rotatable bonds is 6. The fourth-order valence-corrected chi connectivity index (χ4v) is 3.37. The maximum absolute atomic E-state index is 12.6. The molecule has 6 nitrogen and oxygen atoms in total. The van der Waals surface area contributed by atoms with E-state index in [2.05, 4.69) is 29.8 Å². The number of imide groups is 1. The Morgan fingerprint density at radius 2 is 1.70 bits per heavy atom. The molecule has 0 aliphatic carbocycles. The van der Waals surface area contributed by atoms with Crippen molar-refractivity contribution < 1.29 is 14.4 Å². The van der Waals surface area contributed by atoms with Gasteiger partial charge in [-0.3, -0.25) is 14.9 Å². The van der Waals surface area contributed by atoms with E-state index >= 15 is 0 Å². The maximum Gasteiger partial charge on any atom is 0.322 e. The highest BCUT2D eigenvalue weighted by Crippen LogP contribution is 2.30. The molecular formula is C21H23N3O3. The Bertz CT molecular complexity index is 864. The van der Waals surface area contributed by atoms with Crippen molar-refractivity contribution in [3.8, 4) is 0 Å². The molecule has 1 heterocycles. The first-order chi connectivity index (χ1) is 12.9. The van der Waals surface area contributed by atoms with E-state index < -0.39 is 17.5 Å². The average Bonchev–Trinajstić information content (AvgIpc) is 2.95. The molecule has 4 amide bonds. The number of urea groups is 1. The van der Waals surface area contributed by atoms with Crippen LogP contribution in [0.4, 0.5) is 10.5 Å². The topological polar surface area (TPSA) is 87.3 Å². The number of carbonyl (C=O) groups is 3. The van der Waals surface area contributed by atoms with Gasteiger partial charge in [0.25, 0.3) is 5.91 Å². The van der Waals surface area contributed by atoms with Crippen LogP contribution in [0, 0.1) is 0 Å². The van der Waals surface area contributed by atoms with Crippen LogP contribution >= 0.6 is 0 Å². The van der Waals surface area contributed by atoms with Gasteiger partial charge in [0.1, 0.15) is 5.54 Å². The van der Waals surface area contributed by atoms with E-state index in [0.717, 1.165) is 11.3 Å². The van der Waals surface area contributed by atoms with Gasteiger partial charge in [-0.2, -0.15) is 0 Å². The quantitative estimate of drug-likeness (QED) is 0.687. The van der Waals surface area contributed by atoms with Crippen LogP contribution in [0.2, 0.25) is 0 Å². The minimum Gasteiger partial charge on any atom is -0.326 e. The van der Waals surface area contributed by atoms with Gasteiger partial charge in [-0.05, 0) is 29.5 Å². The Morgan fingerprint density at radius 3 is 2.33 bits per heavy atom. The zero-order valence-electron chi connectivity index (χ0n) is 15.4. The number of hydrogen-bond donors (Lipinski definition) is 3. The van der Waals surface area contributed by atoms with Crippen molar-refractivity contribution in [3.63, 3.8) is 0 Å². The van der Waals surface area contributed by atoms with Gasteiger partial charge in [0.15, 0.2) is 0 Å². The minimum absolute atomic E-state index is 0.0923. The summed E-state index contributed by atoms with van der Waals surface area (Å²) in [6.45, 7) is 4.13. The summed E-state index contributed by atoms with van der Waals surface area (Å²) in [6.07, 6.45) is 0.263. The van der Waals surface area contributed by atoms with Crippen LogP contribution in [0.5, 0.6) is 0 Å². The lowest BCUT2D eigenvalue weighted by molar-refractivity contribution is -0.125. The first-order valence-corrected chi connectivity index (χ1v) is 9.00. The van der Waals surface area contributed by atoms with Crippen LogP contribution in [0.1, 0.15) is 43.7 Å². The molecule has 0 spiro atoms. The summed E-state index contributed by atoms with van der Waals surface area (Å²) < 4.78 is 0. The Labute approximate surface area is 158 Å². The molecule has 2 aromatic rings. The van der Waals surface area contributed by atoms with Crippen molar-refractivity contribution in [1.82, 2.24) is 10.6 Å². The first kappa shape index (κ1) is 18.6. The monoisotopic (exact) mass is 365 g/mol. The van der Waals surface area contributed by atoms with Crippen molar-refractivity contribution in [1.29, 1.82) is 0 Å². The van der Waals surface area contributed by atoms with Crippen molar-refractivity contribution >= 4 is 23.5 Å². The Hall–Kier alpha value is -3.15. The van der Waals surface area contributed by atoms with Gasteiger partial charge in [-0.25, -0.2) is 4.79 Å². The summed E-state index contributed by atoms with van der Waals surface area (Å²) >= 11 is 0. The van der Waals surface area contributed by atoms with Crippen LogP contribution in [-0.2, 0) is 15.1 Å². The number of hydrogen-bond acceptors (Lipinski definition) is 3. The lowest BCUT2D eigenvalue weighted by Crippen LogP contribution is -2.44. The van der Waals surface area contributed by atoms with Crippen LogP contribution < -0.4 is 16.0 Å². The predicted molar refractivity (Wildman–Crippen MR) is 103 cm³/mol. The molecule has 27 heavy (non-hydrogen) atoms. The van der Waals surface area contributed by atoms with Crippen LogP contribution in [-0.4, -0.2) is 17.8 Å². The lowest BCUT2D eigenvalue weighted by atomic mass is 9.85. The third-order valence-electron chi connectivity index (χ3n) is 4.79. The molecule has 3 N–H and O–H groups in total. The van der Waals surface area contributed by atoms with Gasteiger partial charge in [-0.1, -0.05) is 62.4 Å². The molecule has 0 radical (unpaired) electrons. The second-order valence-electron chi connectivity index (χ2n) is 6.97. The molecule has 0 saturated carbocycles. The normalized spacial score (nSPS) is 18.9. The average molecular weight is 365 g/mol. The van der Waals surface area contributed by atoms with E-state index in [1.54, 1.807) is 24.3 Å². The molecule has 1 unspecified atom stereocenters. The summed E-state index contributed by atoms with van der Waals surface area (Å²) in [4.78, 5) is 36.8. The highest BCUT2D eigenvalue weighted by molar-refractivity contribution is 6.07. The van der Waals surface area contributed by atoms with Gasteiger partial charge >= 0.3 is 6.03 Å². The number of benzene rings is 2. The number of amides is 4. The molecule has 6 heteroatoms. The van der Waals surface area contributed by atoms with Crippen LogP contribution in [0.3, 0.4) is 0 Å². The highest BCUT2D eigenvalue weighted by Gasteiger charge is 2.47. The number of carbonyl (C=O) groups excluding carboxylic acids is 3. The van der Waals surface area contributed by atoms with Crippen molar-refractivity contribution in [3.05, 3.63) is 65.7 Å². The predicted octanol–water partition coefficient (Wildman–Crippen LogP) is 3.26. The Kier molecular flexibility index (Phi) is 5.26. The summed E-state index contributed by atoms with van der Waals surface area (Å²) in [7, 11) is 0. The molecule has 0 aromatic heterocycles. The van der Waals surface area contributed by atoms with Gasteiger partial charge in [0, 0.05) is 12.1 Å². The molecule has 0 bridgehead atoms. The smallest absolute Gasteiger partial charge is 0.322 e. The third kappa shape index (κ3) is 3.84. The fourth-order valence-electron chi connectivity index (χ4n) is 3.37. The maximum atomic E-state index is 12.6. The molecule has 1 aliphatic rings. The second-order valence-corrected chi connectivity index (χ2v) is 6.97. The Morgan fingerprint density at radius 1 is 1.04 bits per heavy atom. The van der Waals surface area contributed by atoms with Gasteiger partial charge in [0.05, 0.1) is 0 Å². The first-order valence-electron chi connectivity index (χ1n) is 9.00. The van der Waals surface area contributed by atoms with Gasteiger partial charge < -0.3 is 10.6 Å². The molecule has 3 rings (SSSR count). The van der Waals surface area contributed by atoms with E-state index in [1.165, 1.54) is 0 Å². The van der Waals surface area contributed by atoms with E-state index in [9.17, 15) is 14.4 Å². The largest absolute Gasteiger partial charge is 0.326 e. The SMILES string of the molecule is CC(C)c1ccccc1NC(=O)CCC1(c2ccccc2)NC(=O)NC1=O.